The van der Waals surface area contributed by atoms with Crippen LogP contribution in [0.2, 0.25) is 0 Å². The predicted octanol–water partition coefficient (Wildman–Crippen LogP) is 4.95. The zero-order valence-electron chi connectivity index (χ0n) is 18.3. The van der Waals surface area contributed by atoms with Crippen LogP contribution in [0.4, 0.5) is 0 Å². The van der Waals surface area contributed by atoms with Gasteiger partial charge in [0.25, 0.3) is 0 Å². The number of nitrogens with two attached hydrogens (primary N) is 1. The van der Waals surface area contributed by atoms with Crippen LogP contribution in [0.3, 0.4) is 0 Å². The summed E-state index contributed by atoms with van der Waals surface area (Å²) in [5, 5.41) is 15.0. The maximum absolute atomic E-state index is 11.2. The molecule has 0 aliphatic rings. The number of aromatic nitrogens is 2. The van der Waals surface area contributed by atoms with Gasteiger partial charge in [-0.05, 0) is 54.8 Å². The van der Waals surface area contributed by atoms with E-state index in [-0.39, 0.29) is 19.1 Å². The van der Waals surface area contributed by atoms with Crippen molar-refractivity contribution < 1.29 is 14.6 Å². The molecule has 3 N–H and O–H groups in total. The number of nitrogens with zero attached hydrogens (tertiary/aromatic N) is 2. The Balaban J connectivity index is 1.73. The van der Waals surface area contributed by atoms with Gasteiger partial charge in [0.2, 0.25) is 0 Å². The molecular formula is C26H27N3O3. The van der Waals surface area contributed by atoms with Gasteiger partial charge in [0.1, 0.15) is 12.4 Å². The molecule has 6 nitrogen and oxygen atoms in total. The second kappa shape index (κ2) is 9.24. The number of carboxylic acids is 1. The number of rotatable bonds is 8. The molecular weight excluding hydrogens is 402 g/mol. The molecule has 164 valence electrons. The third-order valence-corrected chi connectivity index (χ3v) is 5.46. The van der Waals surface area contributed by atoms with Gasteiger partial charge in [-0.3, -0.25) is 9.48 Å². The van der Waals surface area contributed by atoms with Crippen molar-refractivity contribution in [2.45, 2.75) is 39.5 Å². The van der Waals surface area contributed by atoms with E-state index in [0.29, 0.717) is 17.9 Å². The Bertz CT molecular complexity index is 1260. The fraction of sp³-hybridized carbons (Fsp3) is 0.231. The summed E-state index contributed by atoms with van der Waals surface area (Å²) in [5.74, 6) is -0.311. The van der Waals surface area contributed by atoms with Crippen molar-refractivity contribution in [3.63, 3.8) is 0 Å². The number of carboxylic acid groups (broad SMARTS) is 1. The summed E-state index contributed by atoms with van der Waals surface area (Å²) < 4.78 is 8.10. The molecule has 4 aromatic rings. The van der Waals surface area contributed by atoms with Crippen LogP contribution in [0.1, 0.15) is 36.7 Å². The molecule has 0 radical (unpaired) electrons. The van der Waals surface area contributed by atoms with Crippen LogP contribution in [0, 0.1) is 0 Å². The molecule has 0 saturated heterocycles. The molecule has 6 heteroatoms. The van der Waals surface area contributed by atoms with Gasteiger partial charge in [-0.1, -0.05) is 42.5 Å². The Morgan fingerprint density at radius 1 is 1.06 bits per heavy atom. The number of fused-ring (bicyclic) bond motifs is 1. The highest BCUT2D eigenvalue weighted by Crippen LogP contribution is 2.30. The van der Waals surface area contributed by atoms with Crippen LogP contribution >= 0.6 is 0 Å². The van der Waals surface area contributed by atoms with Crippen molar-refractivity contribution in [2.75, 3.05) is 0 Å². The zero-order valence-corrected chi connectivity index (χ0v) is 18.3. The minimum atomic E-state index is -0.886. The lowest BCUT2D eigenvalue weighted by molar-refractivity contribution is -0.136. The number of carbonyl (C=O) groups is 1. The summed E-state index contributed by atoms with van der Waals surface area (Å²) in [6, 6.07) is 21.9. The summed E-state index contributed by atoms with van der Waals surface area (Å²) in [6.45, 7) is 4.95. The van der Waals surface area contributed by atoms with Gasteiger partial charge in [-0.15, -0.1) is 0 Å². The average molecular weight is 430 g/mol. The van der Waals surface area contributed by atoms with Crippen molar-refractivity contribution in [3.05, 3.63) is 83.6 Å². The smallest absolute Gasteiger partial charge is 0.307 e. The molecule has 32 heavy (non-hydrogen) atoms. The topological polar surface area (TPSA) is 90.4 Å². The van der Waals surface area contributed by atoms with Crippen LogP contribution in [-0.2, 0) is 24.4 Å². The molecule has 0 fully saturated rings. The zero-order chi connectivity index (χ0) is 22.7. The summed E-state index contributed by atoms with van der Waals surface area (Å²) >= 11 is 0. The standard InChI is InChI=1S/C26H27N3O3/c1-17(2)29-24(16-32-25-9-4-3-7-21(25)14-26(30)31)22-13-20(10-11-23(22)28-29)19-8-5-6-18(12-19)15-27/h3-13,17H,14-16,27H2,1-2H3,(H,30,31). The lowest BCUT2D eigenvalue weighted by Crippen LogP contribution is -2.11. The molecule has 3 aromatic carbocycles. The molecule has 0 atom stereocenters. The first-order valence-corrected chi connectivity index (χ1v) is 10.7. The first kappa shape index (κ1) is 21.6. The molecule has 1 heterocycles. The summed E-state index contributed by atoms with van der Waals surface area (Å²) in [6.07, 6.45) is -0.0814. The maximum atomic E-state index is 11.2. The van der Waals surface area contributed by atoms with Crippen LogP contribution in [0.5, 0.6) is 5.75 Å². The quantitative estimate of drug-likeness (QED) is 0.414. The monoisotopic (exact) mass is 429 g/mol. The average Bonchev–Trinajstić information content (AvgIpc) is 3.16. The maximum Gasteiger partial charge on any atom is 0.307 e. The van der Waals surface area contributed by atoms with E-state index in [1.165, 1.54) is 0 Å². The van der Waals surface area contributed by atoms with E-state index in [2.05, 4.69) is 38.1 Å². The third kappa shape index (κ3) is 4.50. The number of hydrogen-bond donors (Lipinski definition) is 2. The van der Waals surface area contributed by atoms with Crippen molar-refractivity contribution in [1.82, 2.24) is 9.78 Å². The van der Waals surface area contributed by atoms with Crippen molar-refractivity contribution in [3.8, 4) is 16.9 Å². The normalized spacial score (nSPS) is 11.2. The van der Waals surface area contributed by atoms with Gasteiger partial charge >= 0.3 is 5.97 Å². The molecule has 0 amide bonds. The molecule has 0 aliphatic heterocycles. The van der Waals surface area contributed by atoms with E-state index >= 15 is 0 Å². The molecule has 4 rings (SSSR count). The van der Waals surface area contributed by atoms with E-state index in [1.54, 1.807) is 12.1 Å². The Hall–Kier alpha value is -3.64. The van der Waals surface area contributed by atoms with Crippen LogP contribution in [-0.4, -0.2) is 20.9 Å². The van der Waals surface area contributed by atoms with Gasteiger partial charge in [-0.25, -0.2) is 0 Å². The highest BCUT2D eigenvalue weighted by Gasteiger charge is 2.16. The summed E-state index contributed by atoms with van der Waals surface area (Å²) in [5.41, 5.74) is 11.6. The van der Waals surface area contributed by atoms with Crippen molar-refractivity contribution >= 4 is 16.9 Å². The Labute approximate surface area is 187 Å². The number of para-hydroxylation sites is 1. The van der Waals surface area contributed by atoms with Crippen molar-refractivity contribution in [2.24, 2.45) is 5.73 Å². The SMILES string of the molecule is CC(C)n1nc2ccc(-c3cccc(CN)c3)cc2c1COc1ccccc1CC(=O)O. The van der Waals surface area contributed by atoms with Crippen LogP contribution in [0.15, 0.2) is 66.7 Å². The van der Waals surface area contributed by atoms with Gasteiger partial charge in [0, 0.05) is 23.5 Å². The minimum Gasteiger partial charge on any atom is -0.487 e. The molecule has 0 saturated carbocycles. The number of ether oxygens (including phenoxy) is 1. The predicted molar refractivity (Wildman–Crippen MR) is 126 cm³/mol. The summed E-state index contributed by atoms with van der Waals surface area (Å²) in [7, 11) is 0. The van der Waals surface area contributed by atoms with Gasteiger partial charge in [0.05, 0.1) is 17.6 Å². The molecule has 0 spiro atoms. The minimum absolute atomic E-state index is 0.0814. The van der Waals surface area contributed by atoms with E-state index in [9.17, 15) is 9.90 Å². The van der Waals surface area contributed by atoms with E-state index in [1.807, 2.05) is 35.0 Å². The van der Waals surface area contributed by atoms with E-state index in [4.69, 9.17) is 15.6 Å². The van der Waals surface area contributed by atoms with Gasteiger partial charge in [-0.2, -0.15) is 5.10 Å². The first-order chi connectivity index (χ1) is 15.5. The highest BCUT2D eigenvalue weighted by atomic mass is 16.5. The van der Waals surface area contributed by atoms with Gasteiger partial charge < -0.3 is 15.6 Å². The molecule has 1 aromatic heterocycles. The van der Waals surface area contributed by atoms with Crippen LogP contribution < -0.4 is 10.5 Å². The Morgan fingerprint density at radius 2 is 1.84 bits per heavy atom. The molecule has 0 bridgehead atoms. The highest BCUT2D eigenvalue weighted by molar-refractivity contribution is 5.87. The van der Waals surface area contributed by atoms with E-state index in [0.717, 1.165) is 33.3 Å². The summed E-state index contributed by atoms with van der Waals surface area (Å²) in [4.78, 5) is 11.2. The number of benzene rings is 3. The molecule has 0 unspecified atom stereocenters. The third-order valence-electron chi connectivity index (χ3n) is 5.46. The van der Waals surface area contributed by atoms with Crippen LogP contribution in [0.25, 0.3) is 22.0 Å². The Kier molecular flexibility index (Phi) is 6.23. The fourth-order valence-electron chi connectivity index (χ4n) is 3.88. The lowest BCUT2D eigenvalue weighted by Gasteiger charge is -2.14. The van der Waals surface area contributed by atoms with E-state index < -0.39 is 5.97 Å². The second-order valence-corrected chi connectivity index (χ2v) is 8.09. The number of hydrogen-bond acceptors (Lipinski definition) is 4. The second-order valence-electron chi connectivity index (χ2n) is 8.09. The fourth-order valence-corrected chi connectivity index (χ4v) is 3.88. The van der Waals surface area contributed by atoms with Crippen molar-refractivity contribution in [1.29, 1.82) is 0 Å². The Morgan fingerprint density at radius 3 is 2.59 bits per heavy atom. The lowest BCUT2D eigenvalue weighted by atomic mass is 10.0. The molecule has 0 aliphatic carbocycles. The first-order valence-electron chi connectivity index (χ1n) is 10.7. The van der Waals surface area contributed by atoms with Gasteiger partial charge in [0.15, 0.2) is 0 Å². The number of aliphatic carboxylic acids is 1. The largest absolute Gasteiger partial charge is 0.487 e.